The van der Waals surface area contributed by atoms with Crippen molar-refractivity contribution in [1.82, 2.24) is 10.5 Å². The molecule has 0 spiro atoms. The molecule has 1 N–H and O–H groups in total. The van der Waals surface area contributed by atoms with Crippen LogP contribution >= 0.6 is 0 Å². The number of benzene rings is 2. The maximum Gasteiger partial charge on any atom is 0.274 e. The topological polar surface area (TPSA) is 82.8 Å². The predicted molar refractivity (Wildman–Crippen MR) is 112 cm³/mol. The third-order valence-electron chi connectivity index (χ3n) is 4.31. The van der Waals surface area contributed by atoms with Gasteiger partial charge >= 0.3 is 0 Å². The minimum Gasteiger partial charge on any atom is -0.493 e. The normalized spacial score (nSPS) is 11.7. The SMILES string of the molecule is CCCOc1cc(-c2nc(CC(C)ONC(=O)c3ccccc3)co2)ccc1OC. The number of nitrogens with one attached hydrogen (secondary N) is 1. The van der Waals surface area contributed by atoms with Crippen molar-refractivity contribution in [3.05, 3.63) is 66.1 Å². The maximum atomic E-state index is 12.1. The first-order valence-corrected chi connectivity index (χ1v) is 9.87. The molecule has 30 heavy (non-hydrogen) atoms. The molecule has 1 heterocycles. The van der Waals surface area contributed by atoms with E-state index in [1.807, 2.05) is 38.1 Å². The lowest BCUT2D eigenvalue weighted by atomic mass is 10.2. The van der Waals surface area contributed by atoms with E-state index in [4.69, 9.17) is 18.7 Å². The third kappa shape index (κ3) is 5.61. The molecule has 158 valence electrons. The number of rotatable bonds is 10. The number of nitrogens with zero attached hydrogens (tertiary/aromatic N) is 1. The lowest BCUT2D eigenvalue weighted by molar-refractivity contribution is -0.00770. The number of hydrogen-bond donors (Lipinski definition) is 1. The van der Waals surface area contributed by atoms with Crippen LogP contribution in [-0.4, -0.2) is 30.7 Å². The first kappa shape index (κ1) is 21.4. The zero-order valence-corrected chi connectivity index (χ0v) is 17.4. The third-order valence-corrected chi connectivity index (χ3v) is 4.31. The van der Waals surface area contributed by atoms with Crippen LogP contribution in [0, 0.1) is 0 Å². The zero-order valence-electron chi connectivity index (χ0n) is 17.4. The van der Waals surface area contributed by atoms with Gasteiger partial charge in [0.05, 0.1) is 25.5 Å². The molecule has 0 saturated heterocycles. The van der Waals surface area contributed by atoms with Crippen LogP contribution in [-0.2, 0) is 11.3 Å². The number of methoxy groups -OCH3 is 1. The van der Waals surface area contributed by atoms with Gasteiger partial charge in [-0.15, -0.1) is 0 Å². The number of amides is 1. The standard InChI is InChI=1S/C23H26N2O5/c1-4-12-28-21-14-18(10-11-20(21)27-3)23-24-19(15-29-23)13-16(2)30-25-22(26)17-8-6-5-7-9-17/h5-11,14-16H,4,12-13H2,1-3H3,(H,25,26). The fourth-order valence-corrected chi connectivity index (χ4v) is 2.81. The van der Waals surface area contributed by atoms with Gasteiger partial charge in [0.15, 0.2) is 11.5 Å². The van der Waals surface area contributed by atoms with E-state index >= 15 is 0 Å². The minimum absolute atomic E-state index is 0.282. The molecule has 0 aliphatic carbocycles. The Morgan fingerprint density at radius 2 is 1.97 bits per heavy atom. The van der Waals surface area contributed by atoms with Crippen molar-refractivity contribution in [2.45, 2.75) is 32.8 Å². The van der Waals surface area contributed by atoms with Crippen LogP contribution in [0.15, 0.2) is 59.2 Å². The van der Waals surface area contributed by atoms with Gasteiger partial charge in [-0.1, -0.05) is 25.1 Å². The Morgan fingerprint density at radius 1 is 1.17 bits per heavy atom. The van der Waals surface area contributed by atoms with E-state index in [0.29, 0.717) is 36.0 Å². The molecule has 0 aliphatic rings. The van der Waals surface area contributed by atoms with Crippen molar-refractivity contribution in [2.24, 2.45) is 0 Å². The quantitative estimate of drug-likeness (QED) is 0.498. The smallest absolute Gasteiger partial charge is 0.274 e. The molecule has 0 radical (unpaired) electrons. The molecular weight excluding hydrogens is 384 g/mol. The summed E-state index contributed by atoms with van der Waals surface area (Å²) in [7, 11) is 1.61. The molecule has 0 fully saturated rings. The van der Waals surface area contributed by atoms with Crippen LogP contribution in [0.5, 0.6) is 11.5 Å². The maximum absolute atomic E-state index is 12.1. The highest BCUT2D eigenvalue weighted by Crippen LogP contribution is 2.32. The fraction of sp³-hybridized carbons (Fsp3) is 0.304. The number of hydroxylamine groups is 1. The Hall–Kier alpha value is -3.32. The molecule has 0 bridgehead atoms. The number of carbonyl (C=O) groups excluding carboxylic acids is 1. The number of ether oxygens (including phenoxy) is 2. The highest BCUT2D eigenvalue weighted by molar-refractivity contribution is 5.93. The molecule has 1 atom stereocenters. The lowest BCUT2D eigenvalue weighted by Gasteiger charge is -2.12. The van der Waals surface area contributed by atoms with Gasteiger partial charge in [0.25, 0.3) is 5.91 Å². The van der Waals surface area contributed by atoms with Crippen LogP contribution in [0.25, 0.3) is 11.5 Å². The van der Waals surface area contributed by atoms with Crippen molar-refractivity contribution in [3.63, 3.8) is 0 Å². The van der Waals surface area contributed by atoms with E-state index in [2.05, 4.69) is 10.5 Å². The first-order chi connectivity index (χ1) is 14.6. The van der Waals surface area contributed by atoms with Gasteiger partial charge in [0.1, 0.15) is 6.26 Å². The Labute approximate surface area is 175 Å². The number of carbonyl (C=O) groups is 1. The molecule has 0 aliphatic heterocycles. The second-order valence-corrected chi connectivity index (χ2v) is 6.79. The predicted octanol–water partition coefficient (Wildman–Crippen LogP) is 4.43. The van der Waals surface area contributed by atoms with Gasteiger partial charge in [0.2, 0.25) is 5.89 Å². The Bertz CT molecular complexity index is 955. The summed E-state index contributed by atoms with van der Waals surface area (Å²) in [5.74, 6) is 1.50. The highest BCUT2D eigenvalue weighted by atomic mass is 16.7. The number of hydrogen-bond acceptors (Lipinski definition) is 6. The second kappa shape index (κ2) is 10.5. The summed E-state index contributed by atoms with van der Waals surface area (Å²) in [4.78, 5) is 22.0. The largest absolute Gasteiger partial charge is 0.493 e. The molecule has 3 rings (SSSR count). The summed E-state index contributed by atoms with van der Waals surface area (Å²) in [6.07, 6.45) is 2.68. The van der Waals surface area contributed by atoms with Crippen LogP contribution in [0.2, 0.25) is 0 Å². The van der Waals surface area contributed by atoms with Crippen molar-refractivity contribution in [1.29, 1.82) is 0 Å². The Kier molecular flexibility index (Phi) is 7.45. The van der Waals surface area contributed by atoms with Crippen molar-refractivity contribution in [3.8, 4) is 23.0 Å². The molecule has 1 unspecified atom stereocenters. The molecule has 7 heteroatoms. The summed E-state index contributed by atoms with van der Waals surface area (Å²) < 4.78 is 16.7. The summed E-state index contributed by atoms with van der Waals surface area (Å²) >= 11 is 0. The van der Waals surface area contributed by atoms with E-state index in [9.17, 15) is 4.79 Å². The Balaban J connectivity index is 1.60. The molecule has 3 aromatic rings. The summed E-state index contributed by atoms with van der Waals surface area (Å²) in [6.45, 7) is 4.49. The summed E-state index contributed by atoms with van der Waals surface area (Å²) in [5, 5.41) is 0. The fourth-order valence-electron chi connectivity index (χ4n) is 2.81. The Morgan fingerprint density at radius 3 is 2.70 bits per heavy atom. The highest BCUT2D eigenvalue weighted by Gasteiger charge is 2.14. The van der Waals surface area contributed by atoms with Crippen LogP contribution < -0.4 is 15.0 Å². The molecular formula is C23H26N2O5. The van der Waals surface area contributed by atoms with Crippen molar-refractivity contribution < 1.29 is 23.5 Å². The van der Waals surface area contributed by atoms with Crippen molar-refractivity contribution in [2.75, 3.05) is 13.7 Å². The second-order valence-electron chi connectivity index (χ2n) is 6.79. The van der Waals surface area contributed by atoms with E-state index in [0.717, 1.165) is 17.7 Å². The van der Waals surface area contributed by atoms with Gasteiger partial charge in [-0.3, -0.25) is 9.63 Å². The summed E-state index contributed by atoms with van der Waals surface area (Å²) in [5.41, 5.74) is 4.52. The minimum atomic E-state index is -0.291. The first-order valence-electron chi connectivity index (χ1n) is 9.87. The lowest BCUT2D eigenvalue weighted by Crippen LogP contribution is -2.29. The number of aromatic nitrogens is 1. The van der Waals surface area contributed by atoms with Gasteiger partial charge in [-0.25, -0.2) is 10.5 Å². The van der Waals surface area contributed by atoms with Crippen molar-refractivity contribution >= 4 is 5.91 Å². The van der Waals surface area contributed by atoms with Crippen LogP contribution in [0.4, 0.5) is 0 Å². The molecule has 1 amide bonds. The molecule has 7 nitrogen and oxygen atoms in total. The van der Waals surface area contributed by atoms with Crippen LogP contribution in [0.3, 0.4) is 0 Å². The molecule has 1 aromatic heterocycles. The zero-order chi connectivity index (χ0) is 21.3. The average Bonchev–Trinajstić information content (AvgIpc) is 3.24. The van der Waals surface area contributed by atoms with Gasteiger partial charge in [-0.05, 0) is 43.7 Å². The van der Waals surface area contributed by atoms with Gasteiger partial charge < -0.3 is 13.9 Å². The van der Waals surface area contributed by atoms with E-state index in [-0.39, 0.29) is 12.0 Å². The monoisotopic (exact) mass is 410 g/mol. The number of oxazole rings is 1. The molecule has 2 aromatic carbocycles. The van der Waals surface area contributed by atoms with Crippen LogP contribution in [0.1, 0.15) is 36.3 Å². The summed E-state index contributed by atoms with van der Waals surface area (Å²) in [6, 6.07) is 14.4. The van der Waals surface area contributed by atoms with Gasteiger partial charge in [-0.2, -0.15) is 0 Å². The molecule has 0 saturated carbocycles. The average molecular weight is 410 g/mol. The van der Waals surface area contributed by atoms with E-state index in [1.54, 1.807) is 37.6 Å². The van der Waals surface area contributed by atoms with E-state index < -0.39 is 0 Å². The van der Waals surface area contributed by atoms with Gasteiger partial charge in [0, 0.05) is 17.5 Å². The van der Waals surface area contributed by atoms with E-state index in [1.165, 1.54) is 0 Å².